The summed E-state index contributed by atoms with van der Waals surface area (Å²) in [4.78, 5) is 16.8. The molecule has 7 heteroatoms. The maximum atomic E-state index is 12.4. The molecule has 1 heterocycles. The number of carbonyl (C=O) groups excluding carboxylic acids is 1. The molecule has 2 aromatic rings. The van der Waals surface area contributed by atoms with Crippen molar-refractivity contribution in [2.45, 2.75) is 24.7 Å². The Morgan fingerprint density at radius 2 is 1.92 bits per heavy atom. The molecule has 0 atom stereocenters. The van der Waals surface area contributed by atoms with E-state index in [1.165, 1.54) is 12.1 Å². The van der Waals surface area contributed by atoms with Gasteiger partial charge in [0.25, 0.3) is 5.91 Å². The molecule has 0 spiro atoms. The summed E-state index contributed by atoms with van der Waals surface area (Å²) in [6.07, 6.45) is 1.02. The van der Waals surface area contributed by atoms with E-state index in [1.54, 1.807) is 32.2 Å². The van der Waals surface area contributed by atoms with Crippen molar-refractivity contribution >= 4 is 15.7 Å². The molecule has 0 aliphatic rings. The average molecular weight is 362 g/mol. The van der Waals surface area contributed by atoms with Crippen molar-refractivity contribution in [3.05, 3.63) is 53.7 Å². The minimum Gasteiger partial charge on any atom is -0.481 e. The van der Waals surface area contributed by atoms with Crippen LogP contribution >= 0.6 is 0 Å². The highest BCUT2D eigenvalue weighted by molar-refractivity contribution is 7.91. The average Bonchev–Trinajstić information content (AvgIpc) is 2.62. The summed E-state index contributed by atoms with van der Waals surface area (Å²) in [6, 6.07) is 11.7. The van der Waals surface area contributed by atoms with E-state index in [9.17, 15) is 13.2 Å². The fraction of sp³-hybridized carbons (Fsp3) is 0.333. The van der Waals surface area contributed by atoms with Gasteiger partial charge in [0.1, 0.15) is 0 Å². The fourth-order valence-corrected chi connectivity index (χ4v) is 3.95. The molecule has 0 aliphatic carbocycles. The molecule has 134 valence electrons. The van der Waals surface area contributed by atoms with E-state index in [1.807, 2.05) is 12.1 Å². The molecule has 0 aliphatic heterocycles. The normalized spacial score (nSPS) is 11.1. The third-order valence-corrected chi connectivity index (χ3v) is 5.57. The van der Waals surface area contributed by atoms with Crippen LogP contribution in [0.2, 0.25) is 0 Å². The topological polar surface area (TPSA) is 85.4 Å². The standard InChI is InChI=1S/C18H22N2O4S/c1-3-13-25(22,23)16-9-5-4-8-15(16)18(21)19-12-11-14-7-6-10-17(20-14)24-2/h4-10H,3,11-13H2,1-2H3,(H,19,21). The third-order valence-electron chi connectivity index (χ3n) is 3.60. The number of aromatic nitrogens is 1. The Kier molecular flexibility index (Phi) is 6.52. The highest BCUT2D eigenvalue weighted by Gasteiger charge is 2.21. The highest BCUT2D eigenvalue weighted by Crippen LogP contribution is 2.17. The number of rotatable bonds is 8. The van der Waals surface area contributed by atoms with Crippen LogP contribution < -0.4 is 10.1 Å². The van der Waals surface area contributed by atoms with E-state index in [-0.39, 0.29) is 16.2 Å². The van der Waals surface area contributed by atoms with E-state index < -0.39 is 15.7 Å². The molecule has 1 aromatic carbocycles. The van der Waals surface area contributed by atoms with E-state index >= 15 is 0 Å². The maximum absolute atomic E-state index is 12.4. The van der Waals surface area contributed by atoms with E-state index in [4.69, 9.17) is 4.74 Å². The molecule has 0 radical (unpaired) electrons. The lowest BCUT2D eigenvalue weighted by Crippen LogP contribution is -2.27. The molecule has 1 amide bonds. The summed E-state index contributed by atoms with van der Waals surface area (Å²) in [5, 5.41) is 2.76. The first-order chi connectivity index (χ1) is 12.0. The molecular formula is C18H22N2O4S. The van der Waals surface area contributed by atoms with Gasteiger partial charge < -0.3 is 10.1 Å². The van der Waals surface area contributed by atoms with Crippen LogP contribution in [-0.2, 0) is 16.3 Å². The number of pyridine rings is 1. The van der Waals surface area contributed by atoms with Crippen molar-refractivity contribution in [2.75, 3.05) is 19.4 Å². The fourth-order valence-electron chi connectivity index (χ4n) is 2.41. The van der Waals surface area contributed by atoms with Crippen LogP contribution in [0.3, 0.4) is 0 Å². The summed E-state index contributed by atoms with van der Waals surface area (Å²) in [7, 11) is -1.92. The lowest BCUT2D eigenvalue weighted by atomic mass is 10.2. The molecule has 2 rings (SSSR count). The largest absolute Gasteiger partial charge is 0.481 e. The minimum atomic E-state index is -3.46. The molecular weight excluding hydrogens is 340 g/mol. The molecule has 6 nitrogen and oxygen atoms in total. The summed E-state index contributed by atoms with van der Waals surface area (Å²) >= 11 is 0. The van der Waals surface area contributed by atoms with Crippen LogP contribution in [0.25, 0.3) is 0 Å². The number of amides is 1. The number of ether oxygens (including phenoxy) is 1. The first-order valence-electron chi connectivity index (χ1n) is 8.08. The molecule has 1 N–H and O–H groups in total. The second-order valence-electron chi connectivity index (χ2n) is 5.49. The van der Waals surface area contributed by atoms with E-state index in [0.717, 1.165) is 5.69 Å². The number of nitrogens with one attached hydrogen (secondary N) is 1. The first-order valence-corrected chi connectivity index (χ1v) is 9.73. The molecule has 0 saturated carbocycles. The predicted molar refractivity (Wildman–Crippen MR) is 95.6 cm³/mol. The molecule has 0 bridgehead atoms. The number of hydrogen-bond donors (Lipinski definition) is 1. The Hall–Kier alpha value is -2.41. The van der Waals surface area contributed by atoms with Gasteiger partial charge in [0.05, 0.1) is 23.3 Å². The van der Waals surface area contributed by atoms with Crippen molar-refractivity contribution < 1.29 is 17.9 Å². The van der Waals surface area contributed by atoms with E-state index in [0.29, 0.717) is 25.3 Å². The minimum absolute atomic E-state index is 0.0189. The second kappa shape index (κ2) is 8.62. The second-order valence-corrected chi connectivity index (χ2v) is 7.57. The number of carbonyl (C=O) groups is 1. The van der Waals surface area contributed by atoms with Crippen molar-refractivity contribution in [1.29, 1.82) is 0 Å². The Labute approximate surface area is 148 Å². The summed E-state index contributed by atoms with van der Waals surface area (Å²) in [6.45, 7) is 2.14. The van der Waals surface area contributed by atoms with Crippen LogP contribution in [0, 0.1) is 0 Å². The Morgan fingerprint density at radius 1 is 1.16 bits per heavy atom. The summed E-state index contributed by atoms with van der Waals surface area (Å²) < 4.78 is 29.7. The molecule has 25 heavy (non-hydrogen) atoms. The van der Waals surface area contributed by atoms with Crippen molar-refractivity contribution in [1.82, 2.24) is 10.3 Å². The Bertz CT molecular complexity index is 834. The molecule has 1 aromatic heterocycles. The first kappa shape index (κ1) is 18.9. The van der Waals surface area contributed by atoms with Crippen LogP contribution in [0.1, 0.15) is 29.4 Å². The van der Waals surface area contributed by atoms with Gasteiger partial charge in [0, 0.05) is 24.7 Å². The van der Waals surface area contributed by atoms with Crippen LogP contribution in [-0.4, -0.2) is 38.7 Å². The van der Waals surface area contributed by atoms with E-state index in [2.05, 4.69) is 10.3 Å². The predicted octanol–water partition coefficient (Wildman–Crippen LogP) is 2.25. The van der Waals surface area contributed by atoms with Gasteiger partial charge in [-0.05, 0) is 24.6 Å². The van der Waals surface area contributed by atoms with Gasteiger partial charge in [-0.1, -0.05) is 25.1 Å². The number of methoxy groups -OCH3 is 1. The number of hydrogen-bond acceptors (Lipinski definition) is 5. The van der Waals surface area contributed by atoms with Gasteiger partial charge >= 0.3 is 0 Å². The molecule has 0 fully saturated rings. The SMILES string of the molecule is CCCS(=O)(=O)c1ccccc1C(=O)NCCc1cccc(OC)n1. The molecule has 0 saturated heterocycles. The molecule has 0 unspecified atom stereocenters. The summed E-state index contributed by atoms with van der Waals surface area (Å²) in [5.74, 6) is 0.128. The van der Waals surface area contributed by atoms with Crippen molar-refractivity contribution in [3.63, 3.8) is 0 Å². The van der Waals surface area contributed by atoms with Crippen molar-refractivity contribution in [3.8, 4) is 5.88 Å². The number of nitrogens with zero attached hydrogens (tertiary/aromatic N) is 1. The van der Waals surface area contributed by atoms with Gasteiger partial charge in [-0.3, -0.25) is 4.79 Å². The quantitative estimate of drug-likeness (QED) is 0.778. The van der Waals surface area contributed by atoms with Gasteiger partial charge in [-0.15, -0.1) is 0 Å². The summed E-state index contributed by atoms with van der Waals surface area (Å²) in [5.41, 5.74) is 0.959. The Balaban J connectivity index is 2.06. The zero-order valence-corrected chi connectivity index (χ0v) is 15.2. The smallest absolute Gasteiger partial charge is 0.252 e. The van der Waals surface area contributed by atoms with Crippen LogP contribution in [0.4, 0.5) is 0 Å². The highest BCUT2D eigenvalue weighted by atomic mass is 32.2. The van der Waals surface area contributed by atoms with Gasteiger partial charge in [-0.25, -0.2) is 13.4 Å². The Morgan fingerprint density at radius 3 is 2.64 bits per heavy atom. The van der Waals surface area contributed by atoms with Crippen LogP contribution in [0.15, 0.2) is 47.4 Å². The van der Waals surface area contributed by atoms with Crippen molar-refractivity contribution in [2.24, 2.45) is 0 Å². The number of benzene rings is 1. The lowest BCUT2D eigenvalue weighted by Gasteiger charge is -2.10. The van der Waals surface area contributed by atoms with Gasteiger partial charge in [0.15, 0.2) is 9.84 Å². The monoisotopic (exact) mass is 362 g/mol. The zero-order chi connectivity index (χ0) is 18.3. The zero-order valence-electron chi connectivity index (χ0n) is 14.4. The number of sulfone groups is 1. The third kappa shape index (κ3) is 5.03. The van der Waals surface area contributed by atoms with Crippen LogP contribution in [0.5, 0.6) is 5.88 Å². The lowest BCUT2D eigenvalue weighted by molar-refractivity contribution is 0.0950. The maximum Gasteiger partial charge on any atom is 0.252 e. The van der Waals surface area contributed by atoms with Gasteiger partial charge in [0.2, 0.25) is 5.88 Å². The van der Waals surface area contributed by atoms with Gasteiger partial charge in [-0.2, -0.15) is 0 Å².